The SMILES string of the molecule is O[C@H](c1cc(F)cc(F)c1)c1cccs1. The van der Waals surface area contributed by atoms with Gasteiger partial charge in [-0.15, -0.1) is 11.3 Å². The first-order valence-corrected chi connectivity index (χ1v) is 5.22. The van der Waals surface area contributed by atoms with Gasteiger partial charge in [0.2, 0.25) is 0 Å². The molecule has 1 heterocycles. The maximum absolute atomic E-state index is 12.9. The molecule has 1 nitrogen and oxygen atoms in total. The summed E-state index contributed by atoms with van der Waals surface area (Å²) >= 11 is 1.34. The molecule has 0 aliphatic heterocycles. The van der Waals surface area contributed by atoms with Crippen LogP contribution in [0.2, 0.25) is 0 Å². The summed E-state index contributed by atoms with van der Waals surface area (Å²) in [4.78, 5) is 0.667. The van der Waals surface area contributed by atoms with Crippen molar-refractivity contribution in [1.29, 1.82) is 0 Å². The van der Waals surface area contributed by atoms with Crippen molar-refractivity contribution in [2.75, 3.05) is 0 Å². The van der Waals surface area contributed by atoms with Crippen LogP contribution in [0.4, 0.5) is 8.78 Å². The predicted molar refractivity (Wildman–Crippen MR) is 54.7 cm³/mol. The first-order chi connectivity index (χ1) is 7.16. The van der Waals surface area contributed by atoms with Gasteiger partial charge in [0, 0.05) is 10.9 Å². The van der Waals surface area contributed by atoms with E-state index in [0.717, 1.165) is 18.2 Å². The fourth-order valence-electron chi connectivity index (χ4n) is 1.34. The molecule has 0 fully saturated rings. The van der Waals surface area contributed by atoms with Crippen LogP contribution in [0.15, 0.2) is 35.7 Å². The number of aliphatic hydroxyl groups excluding tert-OH is 1. The quantitative estimate of drug-likeness (QED) is 0.834. The molecule has 15 heavy (non-hydrogen) atoms. The number of halogens is 2. The zero-order valence-electron chi connectivity index (χ0n) is 7.65. The van der Waals surface area contributed by atoms with Crippen LogP contribution in [0.1, 0.15) is 16.5 Å². The molecule has 0 unspecified atom stereocenters. The number of rotatable bonds is 2. The van der Waals surface area contributed by atoms with Crippen LogP contribution in [0.3, 0.4) is 0 Å². The van der Waals surface area contributed by atoms with Crippen molar-refractivity contribution in [3.63, 3.8) is 0 Å². The van der Waals surface area contributed by atoms with Crippen LogP contribution in [0.5, 0.6) is 0 Å². The fraction of sp³-hybridized carbons (Fsp3) is 0.0909. The molecule has 0 saturated heterocycles. The number of benzene rings is 1. The second kappa shape index (κ2) is 4.08. The van der Waals surface area contributed by atoms with Crippen LogP contribution < -0.4 is 0 Å². The summed E-state index contributed by atoms with van der Waals surface area (Å²) in [6.07, 6.45) is -0.963. The predicted octanol–water partition coefficient (Wildman–Crippen LogP) is 3.11. The maximum Gasteiger partial charge on any atom is 0.126 e. The van der Waals surface area contributed by atoms with Gasteiger partial charge in [0.05, 0.1) is 0 Å². The molecule has 0 saturated carbocycles. The molecule has 0 radical (unpaired) electrons. The van der Waals surface area contributed by atoms with Gasteiger partial charge >= 0.3 is 0 Å². The monoisotopic (exact) mass is 226 g/mol. The van der Waals surface area contributed by atoms with Gasteiger partial charge in [-0.25, -0.2) is 8.78 Å². The van der Waals surface area contributed by atoms with E-state index in [4.69, 9.17) is 0 Å². The largest absolute Gasteiger partial charge is 0.383 e. The lowest BCUT2D eigenvalue weighted by atomic mass is 10.1. The number of hydrogen-bond acceptors (Lipinski definition) is 2. The van der Waals surface area contributed by atoms with Crippen LogP contribution in [-0.2, 0) is 0 Å². The molecule has 1 atom stereocenters. The van der Waals surface area contributed by atoms with Crippen LogP contribution in [-0.4, -0.2) is 5.11 Å². The molecule has 0 aliphatic carbocycles. The third-order valence-electron chi connectivity index (χ3n) is 2.01. The molecule has 0 spiro atoms. The standard InChI is InChI=1S/C11H8F2OS/c12-8-4-7(5-9(13)6-8)11(14)10-2-1-3-15-10/h1-6,11,14H/t11-/m1/s1. The van der Waals surface area contributed by atoms with Crippen LogP contribution in [0.25, 0.3) is 0 Å². The molecule has 2 aromatic rings. The highest BCUT2D eigenvalue weighted by molar-refractivity contribution is 7.10. The summed E-state index contributed by atoms with van der Waals surface area (Å²) in [5, 5.41) is 11.6. The Bertz CT molecular complexity index is 433. The van der Waals surface area contributed by atoms with Gasteiger partial charge in [0.15, 0.2) is 0 Å². The van der Waals surface area contributed by atoms with Gasteiger partial charge in [0.1, 0.15) is 17.7 Å². The van der Waals surface area contributed by atoms with E-state index in [2.05, 4.69) is 0 Å². The summed E-state index contributed by atoms with van der Waals surface area (Å²) in [7, 11) is 0. The number of thiophene rings is 1. The second-order valence-corrected chi connectivity index (χ2v) is 4.10. The van der Waals surface area contributed by atoms with Crippen molar-refractivity contribution < 1.29 is 13.9 Å². The van der Waals surface area contributed by atoms with Crippen LogP contribution >= 0.6 is 11.3 Å². The lowest BCUT2D eigenvalue weighted by molar-refractivity contribution is 0.223. The molecule has 4 heteroatoms. The zero-order valence-corrected chi connectivity index (χ0v) is 8.47. The topological polar surface area (TPSA) is 20.2 Å². The Morgan fingerprint density at radius 3 is 2.33 bits per heavy atom. The molecule has 1 aromatic heterocycles. The highest BCUT2D eigenvalue weighted by Crippen LogP contribution is 2.26. The Hall–Kier alpha value is -1.26. The summed E-state index contributed by atoms with van der Waals surface area (Å²) in [6.45, 7) is 0. The summed E-state index contributed by atoms with van der Waals surface area (Å²) in [5.74, 6) is -1.36. The first-order valence-electron chi connectivity index (χ1n) is 4.34. The maximum atomic E-state index is 12.9. The Morgan fingerprint density at radius 1 is 1.13 bits per heavy atom. The molecule has 0 bridgehead atoms. The fourth-order valence-corrected chi connectivity index (χ4v) is 2.08. The lowest BCUT2D eigenvalue weighted by Gasteiger charge is -2.08. The highest BCUT2D eigenvalue weighted by Gasteiger charge is 2.13. The van der Waals surface area contributed by atoms with E-state index in [0.29, 0.717) is 4.88 Å². The minimum Gasteiger partial charge on any atom is -0.383 e. The Kier molecular flexibility index (Phi) is 2.79. The van der Waals surface area contributed by atoms with Crippen molar-refractivity contribution in [1.82, 2.24) is 0 Å². The van der Waals surface area contributed by atoms with E-state index >= 15 is 0 Å². The van der Waals surface area contributed by atoms with Crippen molar-refractivity contribution in [2.45, 2.75) is 6.10 Å². The molecule has 0 amide bonds. The molecule has 1 N–H and O–H groups in total. The zero-order chi connectivity index (χ0) is 10.8. The van der Waals surface area contributed by atoms with Crippen molar-refractivity contribution in [2.24, 2.45) is 0 Å². The van der Waals surface area contributed by atoms with Gasteiger partial charge in [-0.2, -0.15) is 0 Å². The molecule has 2 rings (SSSR count). The smallest absolute Gasteiger partial charge is 0.126 e. The Morgan fingerprint density at radius 2 is 1.80 bits per heavy atom. The summed E-state index contributed by atoms with van der Waals surface area (Å²) < 4.78 is 25.8. The summed E-state index contributed by atoms with van der Waals surface area (Å²) in [5.41, 5.74) is 0.231. The third-order valence-corrected chi connectivity index (χ3v) is 2.94. The van der Waals surface area contributed by atoms with Gasteiger partial charge in [0.25, 0.3) is 0 Å². The highest BCUT2D eigenvalue weighted by atomic mass is 32.1. The molecule has 78 valence electrons. The second-order valence-electron chi connectivity index (χ2n) is 3.12. The summed E-state index contributed by atoms with van der Waals surface area (Å²) in [6, 6.07) is 6.54. The number of hydrogen-bond donors (Lipinski definition) is 1. The third kappa shape index (κ3) is 2.22. The van der Waals surface area contributed by atoms with E-state index in [9.17, 15) is 13.9 Å². The van der Waals surface area contributed by atoms with Crippen molar-refractivity contribution in [3.05, 3.63) is 57.8 Å². The van der Waals surface area contributed by atoms with E-state index in [1.807, 2.05) is 0 Å². The molecule has 0 aliphatic rings. The molecule has 1 aromatic carbocycles. The van der Waals surface area contributed by atoms with Gasteiger partial charge in [-0.05, 0) is 29.1 Å². The van der Waals surface area contributed by atoms with Crippen molar-refractivity contribution >= 4 is 11.3 Å². The van der Waals surface area contributed by atoms with E-state index in [1.54, 1.807) is 17.5 Å². The first kappa shape index (κ1) is 10.3. The van der Waals surface area contributed by atoms with Gasteiger partial charge in [-0.1, -0.05) is 6.07 Å². The minimum absolute atomic E-state index is 0.231. The average Bonchev–Trinajstić information content (AvgIpc) is 2.67. The molecular weight excluding hydrogens is 218 g/mol. The Balaban J connectivity index is 2.37. The lowest BCUT2D eigenvalue weighted by Crippen LogP contribution is -1.98. The number of aliphatic hydroxyl groups is 1. The minimum atomic E-state index is -0.963. The van der Waals surface area contributed by atoms with Gasteiger partial charge in [-0.3, -0.25) is 0 Å². The van der Waals surface area contributed by atoms with E-state index in [-0.39, 0.29) is 5.56 Å². The molecular formula is C11H8F2OS. The van der Waals surface area contributed by atoms with Crippen LogP contribution in [0, 0.1) is 11.6 Å². The average molecular weight is 226 g/mol. The van der Waals surface area contributed by atoms with Gasteiger partial charge < -0.3 is 5.11 Å². The van der Waals surface area contributed by atoms with E-state index in [1.165, 1.54) is 11.3 Å². The normalized spacial score (nSPS) is 12.7. The Labute approximate surface area is 89.6 Å². The van der Waals surface area contributed by atoms with E-state index < -0.39 is 17.7 Å². The van der Waals surface area contributed by atoms with Crippen molar-refractivity contribution in [3.8, 4) is 0 Å².